The van der Waals surface area contributed by atoms with E-state index in [-0.39, 0.29) is 0 Å². The summed E-state index contributed by atoms with van der Waals surface area (Å²) < 4.78 is 0. The Balaban J connectivity index is 2.15. The van der Waals surface area contributed by atoms with Crippen molar-refractivity contribution in [2.24, 2.45) is 0 Å². The van der Waals surface area contributed by atoms with Crippen LogP contribution in [0.4, 0.5) is 0 Å². The number of hydrogen-bond donors (Lipinski definition) is 1. The first kappa shape index (κ1) is 8.32. The van der Waals surface area contributed by atoms with E-state index in [1.165, 1.54) is 22.5 Å². The van der Waals surface area contributed by atoms with Gasteiger partial charge in [-0.15, -0.1) is 11.3 Å². The number of thiophene rings is 1. The van der Waals surface area contributed by atoms with Crippen LogP contribution in [0.1, 0.15) is 11.1 Å². The molecule has 2 aromatic rings. The maximum Gasteiger partial charge on any atom is 0.171 e. The van der Waals surface area contributed by atoms with Crippen molar-refractivity contribution in [2.75, 3.05) is 0 Å². The van der Waals surface area contributed by atoms with E-state index in [1.54, 1.807) is 0 Å². The zero-order valence-corrected chi connectivity index (χ0v) is 7.92. The van der Waals surface area contributed by atoms with Crippen LogP contribution >= 0.6 is 11.3 Å². The molecule has 0 aliphatic carbocycles. The molecule has 1 aromatic carbocycles. The summed E-state index contributed by atoms with van der Waals surface area (Å²) in [5.74, 6) is 0. The zero-order valence-electron chi connectivity index (χ0n) is 7.10. The number of rotatable bonds is 2. The molecule has 1 aromatic heterocycles. The summed E-state index contributed by atoms with van der Waals surface area (Å²) in [4.78, 5) is 0. The van der Waals surface area contributed by atoms with Gasteiger partial charge in [0.2, 0.25) is 0 Å². The van der Waals surface area contributed by atoms with Gasteiger partial charge in [0.05, 0.1) is 0 Å². The second-order valence-electron chi connectivity index (χ2n) is 2.96. The topological polar surface area (TPSA) is 20.2 Å². The Kier molecular flexibility index (Phi) is 2.32. The second-order valence-corrected chi connectivity index (χ2v) is 3.85. The Labute approximate surface area is 81.3 Å². The first-order chi connectivity index (χ1) is 6.34. The van der Waals surface area contributed by atoms with E-state index in [0.29, 0.717) is 5.06 Å². The highest BCUT2D eigenvalue weighted by Gasteiger charge is 1.98. The van der Waals surface area contributed by atoms with E-state index in [1.807, 2.05) is 29.6 Å². The molecule has 1 nitrogen and oxygen atoms in total. The van der Waals surface area contributed by atoms with Gasteiger partial charge in [-0.2, -0.15) is 0 Å². The van der Waals surface area contributed by atoms with Crippen molar-refractivity contribution < 1.29 is 5.11 Å². The SMILES string of the molecule is Oc1cc(Cc2ccccc2)cs1. The van der Waals surface area contributed by atoms with Gasteiger partial charge in [-0.1, -0.05) is 30.3 Å². The molecule has 0 bridgehead atoms. The van der Waals surface area contributed by atoms with Crippen molar-refractivity contribution in [3.05, 3.63) is 52.9 Å². The van der Waals surface area contributed by atoms with Gasteiger partial charge in [-0.25, -0.2) is 0 Å². The molecule has 66 valence electrons. The fourth-order valence-corrected chi connectivity index (χ4v) is 1.93. The summed E-state index contributed by atoms with van der Waals surface area (Å²) in [6.45, 7) is 0. The molecule has 0 saturated carbocycles. The van der Waals surface area contributed by atoms with E-state index in [0.717, 1.165) is 6.42 Å². The summed E-state index contributed by atoms with van der Waals surface area (Å²) in [6, 6.07) is 12.1. The van der Waals surface area contributed by atoms with Crippen LogP contribution in [-0.2, 0) is 6.42 Å². The number of benzene rings is 1. The standard InChI is InChI=1S/C11H10OS/c12-11-7-10(8-13-11)6-9-4-2-1-3-5-9/h1-5,7-8,12H,6H2. The second kappa shape index (κ2) is 3.62. The Hall–Kier alpha value is -1.28. The molecule has 0 unspecified atom stereocenters. The minimum Gasteiger partial charge on any atom is -0.499 e. The lowest BCUT2D eigenvalue weighted by Gasteiger charge is -1.96. The monoisotopic (exact) mass is 190 g/mol. The minimum absolute atomic E-state index is 0.394. The fourth-order valence-electron chi connectivity index (χ4n) is 1.29. The Bertz CT molecular complexity index is 378. The highest BCUT2D eigenvalue weighted by molar-refractivity contribution is 7.11. The third kappa shape index (κ3) is 2.10. The van der Waals surface area contributed by atoms with Crippen molar-refractivity contribution in [3.63, 3.8) is 0 Å². The van der Waals surface area contributed by atoms with Gasteiger partial charge in [0.1, 0.15) is 0 Å². The summed E-state index contributed by atoms with van der Waals surface area (Å²) in [6.07, 6.45) is 0.901. The van der Waals surface area contributed by atoms with Gasteiger partial charge in [0.15, 0.2) is 5.06 Å². The van der Waals surface area contributed by atoms with Crippen molar-refractivity contribution in [1.82, 2.24) is 0 Å². The molecule has 0 saturated heterocycles. The zero-order chi connectivity index (χ0) is 9.10. The molecule has 1 heterocycles. The molecule has 0 aliphatic rings. The van der Waals surface area contributed by atoms with Crippen LogP contribution in [-0.4, -0.2) is 5.11 Å². The summed E-state index contributed by atoms with van der Waals surface area (Å²) in [5, 5.41) is 11.5. The van der Waals surface area contributed by atoms with E-state index < -0.39 is 0 Å². The van der Waals surface area contributed by atoms with Crippen LogP contribution in [0.5, 0.6) is 5.06 Å². The van der Waals surface area contributed by atoms with E-state index in [2.05, 4.69) is 12.1 Å². The number of hydrogen-bond acceptors (Lipinski definition) is 2. The van der Waals surface area contributed by atoms with Crippen LogP contribution in [0.15, 0.2) is 41.8 Å². The highest BCUT2D eigenvalue weighted by atomic mass is 32.1. The van der Waals surface area contributed by atoms with E-state index in [9.17, 15) is 0 Å². The van der Waals surface area contributed by atoms with Crippen LogP contribution in [0.2, 0.25) is 0 Å². The Morgan fingerprint density at radius 3 is 2.46 bits per heavy atom. The molecule has 0 amide bonds. The lowest BCUT2D eigenvalue weighted by molar-refractivity contribution is 0.490. The average molecular weight is 190 g/mol. The maximum atomic E-state index is 9.15. The van der Waals surface area contributed by atoms with E-state index in [4.69, 9.17) is 5.11 Å². The largest absolute Gasteiger partial charge is 0.499 e. The van der Waals surface area contributed by atoms with Crippen LogP contribution in [0.3, 0.4) is 0 Å². The van der Waals surface area contributed by atoms with Crippen LogP contribution in [0, 0.1) is 0 Å². The quantitative estimate of drug-likeness (QED) is 0.771. The summed E-state index contributed by atoms with van der Waals surface area (Å²) in [7, 11) is 0. The summed E-state index contributed by atoms with van der Waals surface area (Å²) in [5.41, 5.74) is 2.45. The van der Waals surface area contributed by atoms with Gasteiger partial charge in [0.25, 0.3) is 0 Å². The van der Waals surface area contributed by atoms with Crippen LogP contribution in [0.25, 0.3) is 0 Å². The van der Waals surface area contributed by atoms with Crippen molar-refractivity contribution in [1.29, 1.82) is 0 Å². The third-order valence-electron chi connectivity index (χ3n) is 1.89. The molecule has 0 atom stereocenters. The molecule has 0 spiro atoms. The van der Waals surface area contributed by atoms with Crippen molar-refractivity contribution in [2.45, 2.75) is 6.42 Å². The van der Waals surface area contributed by atoms with Crippen molar-refractivity contribution in [3.8, 4) is 5.06 Å². The first-order valence-corrected chi connectivity index (χ1v) is 5.03. The molecule has 0 fully saturated rings. The smallest absolute Gasteiger partial charge is 0.171 e. The predicted molar refractivity (Wildman–Crippen MR) is 55.2 cm³/mol. The molecule has 2 heteroatoms. The lowest BCUT2D eigenvalue weighted by atomic mass is 10.1. The van der Waals surface area contributed by atoms with Crippen molar-refractivity contribution >= 4 is 11.3 Å². The molecule has 2 rings (SSSR count). The maximum absolute atomic E-state index is 9.15. The minimum atomic E-state index is 0.394. The summed E-state index contributed by atoms with van der Waals surface area (Å²) >= 11 is 1.38. The number of aromatic hydroxyl groups is 1. The average Bonchev–Trinajstić information content (AvgIpc) is 2.53. The molecule has 1 N–H and O–H groups in total. The van der Waals surface area contributed by atoms with Gasteiger partial charge in [0, 0.05) is 0 Å². The Morgan fingerprint density at radius 2 is 1.85 bits per heavy atom. The van der Waals surface area contributed by atoms with Gasteiger partial charge in [-0.05, 0) is 29.0 Å². The lowest BCUT2D eigenvalue weighted by Crippen LogP contribution is -1.83. The molecule has 0 aliphatic heterocycles. The fraction of sp³-hybridized carbons (Fsp3) is 0.0909. The van der Waals surface area contributed by atoms with Gasteiger partial charge < -0.3 is 5.11 Å². The van der Waals surface area contributed by atoms with Gasteiger partial charge in [-0.3, -0.25) is 0 Å². The molecule has 13 heavy (non-hydrogen) atoms. The predicted octanol–water partition coefficient (Wildman–Crippen LogP) is 3.04. The van der Waals surface area contributed by atoms with Crippen LogP contribution < -0.4 is 0 Å². The third-order valence-corrected chi connectivity index (χ3v) is 2.67. The normalized spacial score (nSPS) is 10.2. The molecular formula is C11H10OS. The Morgan fingerprint density at radius 1 is 1.08 bits per heavy atom. The van der Waals surface area contributed by atoms with Gasteiger partial charge >= 0.3 is 0 Å². The van der Waals surface area contributed by atoms with E-state index >= 15 is 0 Å². The highest BCUT2D eigenvalue weighted by Crippen LogP contribution is 2.22. The first-order valence-electron chi connectivity index (χ1n) is 4.15. The molecular weight excluding hydrogens is 180 g/mol. The molecule has 0 radical (unpaired) electrons.